The van der Waals surface area contributed by atoms with Crippen LogP contribution in [0.3, 0.4) is 0 Å². The minimum absolute atomic E-state index is 0.734. The van der Waals surface area contributed by atoms with E-state index >= 15 is 0 Å². The SMILES string of the molecule is CCNCc1cnc(-c2ccc(OC)cc2)nc1. The molecule has 94 valence electrons. The summed E-state index contributed by atoms with van der Waals surface area (Å²) in [4.78, 5) is 8.73. The number of rotatable bonds is 5. The van der Waals surface area contributed by atoms with Crippen LogP contribution in [0.2, 0.25) is 0 Å². The number of aromatic nitrogens is 2. The number of nitrogens with zero attached hydrogens (tertiary/aromatic N) is 2. The molecular weight excluding hydrogens is 226 g/mol. The van der Waals surface area contributed by atoms with Gasteiger partial charge in [0, 0.05) is 30.1 Å². The van der Waals surface area contributed by atoms with Crippen LogP contribution < -0.4 is 10.1 Å². The lowest BCUT2D eigenvalue weighted by atomic mass is 10.2. The molecule has 0 unspecified atom stereocenters. The molecule has 0 radical (unpaired) electrons. The van der Waals surface area contributed by atoms with E-state index in [1.165, 1.54) is 0 Å². The number of ether oxygens (including phenoxy) is 1. The highest BCUT2D eigenvalue weighted by atomic mass is 16.5. The normalized spacial score (nSPS) is 10.3. The monoisotopic (exact) mass is 243 g/mol. The molecule has 0 spiro atoms. The molecule has 0 aliphatic heterocycles. The van der Waals surface area contributed by atoms with Crippen molar-refractivity contribution in [3.05, 3.63) is 42.2 Å². The van der Waals surface area contributed by atoms with E-state index in [2.05, 4.69) is 22.2 Å². The van der Waals surface area contributed by atoms with Gasteiger partial charge in [-0.25, -0.2) is 9.97 Å². The van der Waals surface area contributed by atoms with E-state index in [1.54, 1.807) is 7.11 Å². The van der Waals surface area contributed by atoms with Crippen LogP contribution in [0.1, 0.15) is 12.5 Å². The van der Waals surface area contributed by atoms with Gasteiger partial charge >= 0.3 is 0 Å². The van der Waals surface area contributed by atoms with E-state index in [0.29, 0.717) is 0 Å². The summed E-state index contributed by atoms with van der Waals surface area (Å²) < 4.78 is 5.12. The number of hydrogen-bond donors (Lipinski definition) is 1. The van der Waals surface area contributed by atoms with Crippen LogP contribution in [-0.4, -0.2) is 23.6 Å². The van der Waals surface area contributed by atoms with Gasteiger partial charge in [0.1, 0.15) is 5.75 Å². The van der Waals surface area contributed by atoms with Crippen molar-refractivity contribution in [3.8, 4) is 17.1 Å². The largest absolute Gasteiger partial charge is 0.497 e. The average molecular weight is 243 g/mol. The molecule has 0 bridgehead atoms. The van der Waals surface area contributed by atoms with Crippen molar-refractivity contribution >= 4 is 0 Å². The third kappa shape index (κ3) is 3.05. The molecule has 1 N–H and O–H groups in total. The summed E-state index contributed by atoms with van der Waals surface area (Å²) in [5.41, 5.74) is 2.08. The highest BCUT2D eigenvalue weighted by Gasteiger charge is 2.01. The Bertz CT molecular complexity index is 479. The maximum absolute atomic E-state index is 5.12. The summed E-state index contributed by atoms with van der Waals surface area (Å²) in [5, 5.41) is 3.24. The minimum atomic E-state index is 0.734. The Kier molecular flexibility index (Phi) is 4.25. The van der Waals surface area contributed by atoms with Crippen LogP contribution in [0.15, 0.2) is 36.7 Å². The molecule has 18 heavy (non-hydrogen) atoms. The second kappa shape index (κ2) is 6.12. The Morgan fingerprint density at radius 1 is 1.11 bits per heavy atom. The van der Waals surface area contributed by atoms with Crippen LogP contribution in [0.4, 0.5) is 0 Å². The molecule has 0 aliphatic carbocycles. The zero-order valence-corrected chi connectivity index (χ0v) is 10.7. The fraction of sp³-hybridized carbons (Fsp3) is 0.286. The predicted molar refractivity (Wildman–Crippen MR) is 71.4 cm³/mol. The van der Waals surface area contributed by atoms with Gasteiger partial charge in [0.05, 0.1) is 7.11 Å². The van der Waals surface area contributed by atoms with Crippen molar-refractivity contribution < 1.29 is 4.74 Å². The van der Waals surface area contributed by atoms with Crippen LogP contribution in [-0.2, 0) is 6.54 Å². The maximum atomic E-state index is 5.12. The summed E-state index contributed by atoms with van der Waals surface area (Å²) in [7, 11) is 1.65. The third-order valence-electron chi connectivity index (χ3n) is 2.63. The third-order valence-corrected chi connectivity index (χ3v) is 2.63. The first-order valence-electron chi connectivity index (χ1n) is 5.99. The number of nitrogens with one attached hydrogen (secondary N) is 1. The molecule has 0 fully saturated rings. The minimum Gasteiger partial charge on any atom is -0.497 e. The highest BCUT2D eigenvalue weighted by molar-refractivity contribution is 5.55. The van der Waals surface area contributed by atoms with Gasteiger partial charge in [-0.2, -0.15) is 0 Å². The first-order chi connectivity index (χ1) is 8.83. The van der Waals surface area contributed by atoms with E-state index in [4.69, 9.17) is 4.74 Å². The molecule has 4 heteroatoms. The predicted octanol–water partition coefficient (Wildman–Crippen LogP) is 2.26. The molecule has 1 heterocycles. The molecule has 2 aromatic rings. The van der Waals surface area contributed by atoms with Crippen LogP contribution in [0.5, 0.6) is 5.75 Å². The van der Waals surface area contributed by atoms with E-state index in [0.717, 1.165) is 35.8 Å². The Hall–Kier alpha value is -1.94. The van der Waals surface area contributed by atoms with Gasteiger partial charge in [0.2, 0.25) is 0 Å². The summed E-state index contributed by atoms with van der Waals surface area (Å²) in [6.45, 7) is 3.83. The molecule has 4 nitrogen and oxygen atoms in total. The number of hydrogen-bond acceptors (Lipinski definition) is 4. The molecule has 2 rings (SSSR count). The van der Waals surface area contributed by atoms with Gasteiger partial charge in [0.25, 0.3) is 0 Å². The highest BCUT2D eigenvalue weighted by Crippen LogP contribution is 2.18. The summed E-state index contributed by atoms with van der Waals surface area (Å²) in [5.74, 6) is 1.57. The molecule has 0 saturated carbocycles. The Balaban J connectivity index is 2.12. The average Bonchev–Trinajstić information content (AvgIpc) is 2.46. The van der Waals surface area contributed by atoms with Crippen LogP contribution in [0, 0.1) is 0 Å². The van der Waals surface area contributed by atoms with E-state index < -0.39 is 0 Å². The van der Waals surface area contributed by atoms with Crippen LogP contribution in [0.25, 0.3) is 11.4 Å². The molecule has 1 aromatic heterocycles. The summed E-state index contributed by atoms with van der Waals surface area (Å²) in [6.07, 6.45) is 3.71. The van der Waals surface area contributed by atoms with Crippen molar-refractivity contribution in [3.63, 3.8) is 0 Å². The van der Waals surface area contributed by atoms with Gasteiger partial charge in [-0.3, -0.25) is 0 Å². The smallest absolute Gasteiger partial charge is 0.159 e. The van der Waals surface area contributed by atoms with Crippen LogP contribution >= 0.6 is 0 Å². The Morgan fingerprint density at radius 2 is 1.78 bits per heavy atom. The van der Waals surface area contributed by atoms with Crippen molar-refractivity contribution in [2.75, 3.05) is 13.7 Å². The van der Waals surface area contributed by atoms with Crippen molar-refractivity contribution in [1.82, 2.24) is 15.3 Å². The quantitative estimate of drug-likeness (QED) is 0.875. The standard InChI is InChI=1S/C14H17N3O/c1-3-15-8-11-9-16-14(17-10-11)12-4-6-13(18-2)7-5-12/h4-7,9-10,15H,3,8H2,1-2H3. The maximum Gasteiger partial charge on any atom is 0.159 e. The van der Waals surface area contributed by atoms with E-state index in [-0.39, 0.29) is 0 Å². The molecule has 0 saturated heterocycles. The van der Waals surface area contributed by atoms with Gasteiger partial charge in [0.15, 0.2) is 5.82 Å². The number of benzene rings is 1. The first kappa shape index (κ1) is 12.5. The van der Waals surface area contributed by atoms with Gasteiger partial charge in [-0.1, -0.05) is 6.92 Å². The van der Waals surface area contributed by atoms with Crippen molar-refractivity contribution in [2.45, 2.75) is 13.5 Å². The Morgan fingerprint density at radius 3 is 2.33 bits per heavy atom. The zero-order valence-electron chi connectivity index (χ0n) is 10.7. The zero-order chi connectivity index (χ0) is 12.8. The van der Waals surface area contributed by atoms with Crippen molar-refractivity contribution in [2.24, 2.45) is 0 Å². The summed E-state index contributed by atoms with van der Waals surface area (Å²) in [6, 6.07) is 7.73. The molecular formula is C14H17N3O. The summed E-state index contributed by atoms with van der Waals surface area (Å²) >= 11 is 0. The fourth-order valence-electron chi connectivity index (χ4n) is 1.60. The fourth-order valence-corrected chi connectivity index (χ4v) is 1.60. The van der Waals surface area contributed by atoms with E-state index in [1.807, 2.05) is 36.7 Å². The second-order valence-electron chi connectivity index (χ2n) is 3.92. The molecule has 1 aromatic carbocycles. The lowest BCUT2D eigenvalue weighted by molar-refractivity contribution is 0.415. The number of methoxy groups -OCH3 is 1. The lowest BCUT2D eigenvalue weighted by Crippen LogP contribution is -2.12. The van der Waals surface area contributed by atoms with Crippen molar-refractivity contribution in [1.29, 1.82) is 0 Å². The Labute approximate surface area is 107 Å². The van der Waals surface area contributed by atoms with E-state index in [9.17, 15) is 0 Å². The van der Waals surface area contributed by atoms with Gasteiger partial charge < -0.3 is 10.1 Å². The molecule has 0 aliphatic rings. The molecule has 0 atom stereocenters. The first-order valence-corrected chi connectivity index (χ1v) is 5.99. The lowest BCUT2D eigenvalue weighted by Gasteiger charge is -2.04. The second-order valence-corrected chi connectivity index (χ2v) is 3.92. The molecule has 0 amide bonds. The van der Waals surface area contributed by atoms with Gasteiger partial charge in [-0.05, 0) is 30.8 Å². The topological polar surface area (TPSA) is 47.0 Å². The van der Waals surface area contributed by atoms with Gasteiger partial charge in [-0.15, -0.1) is 0 Å².